The van der Waals surface area contributed by atoms with Gasteiger partial charge < -0.3 is 10.4 Å². The van der Waals surface area contributed by atoms with Crippen LogP contribution < -0.4 is 5.32 Å². The highest BCUT2D eigenvalue weighted by atomic mass is 35.5. The molecule has 2 N–H and O–H groups in total. The van der Waals surface area contributed by atoms with Crippen molar-refractivity contribution in [2.45, 2.75) is 11.7 Å². The minimum absolute atomic E-state index is 0.0912. The molecule has 2 aromatic rings. The minimum Gasteiger partial charge on any atom is -0.507 e. The number of carbonyl (C=O) groups excluding carboxylic acids is 1. The highest BCUT2D eigenvalue weighted by molar-refractivity contribution is 8.15. The summed E-state index contributed by atoms with van der Waals surface area (Å²) in [6, 6.07) is 14.2. The lowest BCUT2D eigenvalue weighted by molar-refractivity contribution is -0.118. The number of thioether (sulfide) groups is 1. The van der Waals surface area contributed by atoms with E-state index in [1.54, 1.807) is 36.4 Å². The number of benzene rings is 2. The topological polar surface area (TPSA) is 74.0 Å². The van der Waals surface area contributed by atoms with Crippen LogP contribution in [0.25, 0.3) is 0 Å². The summed E-state index contributed by atoms with van der Waals surface area (Å²) >= 11 is 7.20. The molecule has 0 bridgehead atoms. The van der Waals surface area contributed by atoms with Crippen LogP contribution in [-0.2, 0) is 11.2 Å². The molecule has 0 spiro atoms. The quantitative estimate of drug-likeness (QED) is 0.650. The van der Waals surface area contributed by atoms with Crippen molar-refractivity contribution in [1.29, 1.82) is 0 Å². The van der Waals surface area contributed by atoms with Gasteiger partial charge in [-0.2, -0.15) is 5.10 Å². The molecular formula is C17H14ClN3O2S. The van der Waals surface area contributed by atoms with Gasteiger partial charge in [-0.05, 0) is 36.2 Å². The van der Waals surface area contributed by atoms with Gasteiger partial charge in [-0.1, -0.05) is 47.6 Å². The van der Waals surface area contributed by atoms with E-state index in [0.29, 0.717) is 22.2 Å². The molecule has 122 valence electrons. The molecule has 2 aromatic carbocycles. The van der Waals surface area contributed by atoms with Gasteiger partial charge in [0.05, 0.1) is 11.5 Å². The number of amidine groups is 1. The third-order valence-electron chi connectivity index (χ3n) is 3.39. The molecule has 24 heavy (non-hydrogen) atoms. The number of hydrogen-bond acceptors (Lipinski definition) is 5. The van der Waals surface area contributed by atoms with Crippen LogP contribution in [0, 0.1) is 0 Å². The van der Waals surface area contributed by atoms with Crippen LogP contribution >= 0.6 is 23.4 Å². The molecule has 1 saturated heterocycles. The van der Waals surface area contributed by atoms with Crippen molar-refractivity contribution in [3.63, 3.8) is 0 Å². The maximum absolute atomic E-state index is 12.0. The number of phenols is 1. The summed E-state index contributed by atoms with van der Waals surface area (Å²) in [6.45, 7) is 0. The van der Waals surface area contributed by atoms with Crippen LogP contribution in [0.2, 0.25) is 5.02 Å². The summed E-state index contributed by atoms with van der Waals surface area (Å²) in [5.74, 6) is 0.0385. The molecule has 1 fully saturated rings. The Labute approximate surface area is 148 Å². The van der Waals surface area contributed by atoms with E-state index in [-0.39, 0.29) is 16.9 Å². The average molecular weight is 360 g/mol. The lowest BCUT2D eigenvalue weighted by Crippen LogP contribution is -2.25. The van der Waals surface area contributed by atoms with Gasteiger partial charge in [-0.3, -0.25) is 4.79 Å². The second-order valence-corrected chi connectivity index (χ2v) is 6.76. The van der Waals surface area contributed by atoms with Crippen molar-refractivity contribution in [1.82, 2.24) is 5.32 Å². The molecule has 3 rings (SSSR count). The summed E-state index contributed by atoms with van der Waals surface area (Å²) in [4.78, 5) is 12.0. The SMILES string of the molecule is O=C1NC(=NN=Cc2ccccc2O)S[C@@H]1Cc1ccc(Cl)cc1. The van der Waals surface area contributed by atoms with Crippen molar-refractivity contribution < 1.29 is 9.90 Å². The Morgan fingerprint density at radius 3 is 2.71 bits per heavy atom. The summed E-state index contributed by atoms with van der Waals surface area (Å²) < 4.78 is 0. The van der Waals surface area contributed by atoms with Gasteiger partial charge in [0.25, 0.3) is 0 Å². The number of para-hydroxylation sites is 1. The number of hydrogen-bond donors (Lipinski definition) is 2. The van der Waals surface area contributed by atoms with Crippen molar-refractivity contribution in [3.05, 3.63) is 64.7 Å². The van der Waals surface area contributed by atoms with E-state index in [0.717, 1.165) is 5.56 Å². The summed E-state index contributed by atoms with van der Waals surface area (Å²) in [5.41, 5.74) is 1.60. The second-order valence-electron chi connectivity index (χ2n) is 5.13. The highest BCUT2D eigenvalue weighted by Gasteiger charge is 2.30. The van der Waals surface area contributed by atoms with Gasteiger partial charge in [0.2, 0.25) is 5.91 Å². The van der Waals surface area contributed by atoms with Crippen LogP contribution in [0.4, 0.5) is 0 Å². The van der Waals surface area contributed by atoms with Crippen LogP contribution in [0.15, 0.2) is 58.7 Å². The van der Waals surface area contributed by atoms with E-state index in [2.05, 4.69) is 15.5 Å². The lowest BCUT2D eigenvalue weighted by atomic mass is 10.1. The number of amides is 1. The van der Waals surface area contributed by atoms with Gasteiger partial charge >= 0.3 is 0 Å². The summed E-state index contributed by atoms with van der Waals surface area (Å²) in [7, 11) is 0. The third kappa shape index (κ3) is 4.15. The van der Waals surface area contributed by atoms with Crippen molar-refractivity contribution in [2.75, 3.05) is 0 Å². The van der Waals surface area contributed by atoms with Gasteiger partial charge in [0.1, 0.15) is 5.75 Å². The summed E-state index contributed by atoms with van der Waals surface area (Å²) in [6.07, 6.45) is 2.04. The molecule has 1 aliphatic rings. The molecule has 0 unspecified atom stereocenters. The fraction of sp³-hybridized carbons (Fsp3) is 0.118. The molecule has 0 radical (unpaired) electrons. The Balaban J connectivity index is 1.63. The Morgan fingerprint density at radius 1 is 1.21 bits per heavy atom. The lowest BCUT2D eigenvalue weighted by Gasteiger charge is -2.05. The first-order valence-electron chi connectivity index (χ1n) is 7.23. The molecule has 0 aliphatic carbocycles. The number of carbonyl (C=O) groups is 1. The van der Waals surface area contributed by atoms with Gasteiger partial charge in [0, 0.05) is 10.6 Å². The van der Waals surface area contributed by atoms with Gasteiger partial charge in [0.15, 0.2) is 5.17 Å². The normalized spacial score (nSPS) is 19.1. The number of phenolic OH excluding ortho intramolecular Hbond substituents is 1. The molecular weight excluding hydrogens is 346 g/mol. The Hall–Kier alpha value is -2.31. The first-order valence-corrected chi connectivity index (χ1v) is 8.48. The van der Waals surface area contributed by atoms with Crippen LogP contribution in [0.1, 0.15) is 11.1 Å². The fourth-order valence-corrected chi connectivity index (χ4v) is 3.25. The zero-order valence-corrected chi connectivity index (χ0v) is 14.1. The molecule has 1 atom stereocenters. The number of rotatable bonds is 4. The van der Waals surface area contributed by atoms with E-state index in [1.807, 2.05) is 12.1 Å². The second kappa shape index (κ2) is 7.51. The maximum atomic E-state index is 12.0. The van der Waals surface area contributed by atoms with Crippen LogP contribution in [0.5, 0.6) is 5.75 Å². The van der Waals surface area contributed by atoms with Crippen molar-refractivity contribution >= 4 is 40.7 Å². The number of aromatic hydroxyl groups is 1. The Morgan fingerprint density at radius 2 is 1.96 bits per heavy atom. The monoisotopic (exact) mass is 359 g/mol. The average Bonchev–Trinajstić information content (AvgIpc) is 2.91. The van der Waals surface area contributed by atoms with Gasteiger partial charge in [-0.15, -0.1) is 5.10 Å². The first kappa shape index (κ1) is 16.5. The number of nitrogens with one attached hydrogen (secondary N) is 1. The van der Waals surface area contributed by atoms with E-state index in [9.17, 15) is 9.90 Å². The van der Waals surface area contributed by atoms with Crippen LogP contribution in [-0.4, -0.2) is 27.6 Å². The van der Waals surface area contributed by atoms with Crippen molar-refractivity contribution in [2.24, 2.45) is 10.2 Å². The maximum Gasteiger partial charge on any atom is 0.239 e. The van der Waals surface area contributed by atoms with E-state index < -0.39 is 0 Å². The number of nitrogens with zero attached hydrogens (tertiary/aromatic N) is 2. The number of halogens is 1. The molecule has 0 aromatic heterocycles. The standard InChI is InChI=1S/C17H14ClN3O2S/c18-13-7-5-11(6-8-13)9-15-16(23)20-17(24-15)21-19-10-12-3-1-2-4-14(12)22/h1-8,10,15,22H,9H2,(H,20,21,23)/t15-/m1/s1. The predicted octanol–water partition coefficient (Wildman–Crippen LogP) is 3.21. The Kier molecular flexibility index (Phi) is 5.17. The predicted molar refractivity (Wildman–Crippen MR) is 97.8 cm³/mol. The largest absolute Gasteiger partial charge is 0.507 e. The van der Waals surface area contributed by atoms with Crippen LogP contribution in [0.3, 0.4) is 0 Å². The molecule has 7 heteroatoms. The minimum atomic E-state index is -0.245. The van der Waals surface area contributed by atoms with E-state index in [4.69, 9.17) is 11.6 Å². The molecule has 1 amide bonds. The van der Waals surface area contributed by atoms with Crippen molar-refractivity contribution in [3.8, 4) is 5.75 Å². The highest BCUT2D eigenvalue weighted by Crippen LogP contribution is 2.24. The van der Waals surface area contributed by atoms with Gasteiger partial charge in [-0.25, -0.2) is 0 Å². The molecule has 1 aliphatic heterocycles. The molecule has 0 saturated carbocycles. The first-order chi connectivity index (χ1) is 11.6. The smallest absolute Gasteiger partial charge is 0.239 e. The zero-order chi connectivity index (χ0) is 16.9. The fourth-order valence-electron chi connectivity index (χ4n) is 2.16. The zero-order valence-electron chi connectivity index (χ0n) is 12.5. The van der Waals surface area contributed by atoms with E-state index >= 15 is 0 Å². The molecule has 1 heterocycles. The summed E-state index contributed by atoms with van der Waals surface area (Å²) in [5, 5.41) is 21.2. The van der Waals surface area contributed by atoms with E-state index in [1.165, 1.54) is 18.0 Å². The third-order valence-corrected chi connectivity index (χ3v) is 4.72. The molecule has 5 nitrogen and oxygen atoms in total. The Bertz CT molecular complexity index is 806.